The van der Waals surface area contributed by atoms with Gasteiger partial charge in [-0.05, 0) is 17.7 Å². The summed E-state index contributed by atoms with van der Waals surface area (Å²) in [4.78, 5) is 4.08. The molecule has 6 nitrogen and oxygen atoms in total. The van der Waals surface area contributed by atoms with Gasteiger partial charge in [0, 0.05) is 14.1 Å². The second kappa shape index (κ2) is 6.90. The van der Waals surface area contributed by atoms with E-state index in [1.165, 1.54) is 26.2 Å². The first kappa shape index (κ1) is 17.1. The van der Waals surface area contributed by atoms with Gasteiger partial charge in [0.15, 0.2) is 5.96 Å². The molecule has 0 radical (unpaired) electrons. The first-order valence-electron chi connectivity index (χ1n) is 4.91. The number of hydrogen-bond acceptors (Lipinski definition) is 3. The lowest BCUT2D eigenvalue weighted by molar-refractivity contribution is 0.520. The van der Waals surface area contributed by atoms with E-state index < -0.39 is 10.0 Å². The maximum atomic E-state index is 11.8. The van der Waals surface area contributed by atoms with Gasteiger partial charge in [-0.2, -0.15) is 0 Å². The molecule has 0 aliphatic carbocycles. The highest BCUT2D eigenvalue weighted by Crippen LogP contribution is 2.14. The van der Waals surface area contributed by atoms with Gasteiger partial charge in [0.1, 0.15) is 0 Å². The van der Waals surface area contributed by atoms with E-state index in [0.29, 0.717) is 6.54 Å². The Morgan fingerprint density at radius 3 is 2.11 bits per heavy atom. The zero-order valence-corrected chi connectivity index (χ0v) is 13.3. The molecular weight excluding hydrogens is 367 g/mol. The van der Waals surface area contributed by atoms with Crippen LogP contribution in [0.15, 0.2) is 34.2 Å². The molecule has 0 bridgehead atoms. The number of halogens is 1. The fourth-order valence-electron chi connectivity index (χ4n) is 1.16. The Bertz CT molecular complexity index is 507. The van der Waals surface area contributed by atoms with Gasteiger partial charge in [0.2, 0.25) is 10.0 Å². The molecule has 0 aliphatic heterocycles. The summed E-state index contributed by atoms with van der Waals surface area (Å²) in [6.45, 7) is 0.338. The summed E-state index contributed by atoms with van der Waals surface area (Å²) in [5.74, 6) is 0.00925. The summed E-state index contributed by atoms with van der Waals surface area (Å²) in [7, 11) is -0.399. The summed E-state index contributed by atoms with van der Waals surface area (Å²) < 4.78 is 24.7. The number of nitrogens with zero attached hydrogens (tertiary/aromatic N) is 2. The molecule has 0 fully saturated rings. The van der Waals surface area contributed by atoms with E-state index >= 15 is 0 Å². The minimum Gasteiger partial charge on any atom is -0.370 e. The van der Waals surface area contributed by atoms with Crippen molar-refractivity contribution in [3.63, 3.8) is 0 Å². The Labute approximate surface area is 124 Å². The Hall–Kier alpha value is -0.870. The van der Waals surface area contributed by atoms with Crippen LogP contribution in [0.2, 0.25) is 0 Å². The Morgan fingerprint density at radius 2 is 1.72 bits per heavy atom. The molecule has 0 saturated carbocycles. The lowest BCUT2D eigenvalue weighted by atomic mass is 10.2. The van der Waals surface area contributed by atoms with Crippen LogP contribution < -0.4 is 11.5 Å². The standard InChI is InChI=1S/C10H16N4O2S.HI/c1-14(2)17(15,16)9-5-3-8(4-6-9)7-13-10(11)12;/h3-6H,7H2,1-2H3,(H4,11,12,13);1H. The SMILES string of the molecule is CN(C)S(=O)(=O)c1ccc(CN=C(N)N)cc1.I. The molecule has 1 rings (SSSR count). The van der Waals surface area contributed by atoms with Gasteiger partial charge in [-0.25, -0.2) is 17.7 Å². The molecule has 0 unspecified atom stereocenters. The number of guanidine groups is 1. The van der Waals surface area contributed by atoms with Gasteiger partial charge in [0.05, 0.1) is 11.4 Å². The minimum atomic E-state index is -3.38. The Morgan fingerprint density at radius 1 is 1.22 bits per heavy atom. The van der Waals surface area contributed by atoms with E-state index in [-0.39, 0.29) is 34.8 Å². The molecule has 1 aromatic rings. The normalized spacial score (nSPS) is 10.8. The van der Waals surface area contributed by atoms with Crippen LogP contribution >= 0.6 is 24.0 Å². The largest absolute Gasteiger partial charge is 0.370 e. The van der Waals surface area contributed by atoms with Crippen molar-refractivity contribution in [3.8, 4) is 0 Å². The summed E-state index contributed by atoms with van der Waals surface area (Å²) in [6.07, 6.45) is 0. The molecule has 0 spiro atoms. The third kappa shape index (κ3) is 4.42. The zero-order chi connectivity index (χ0) is 13.1. The van der Waals surface area contributed by atoms with Crippen LogP contribution in [0.5, 0.6) is 0 Å². The van der Waals surface area contributed by atoms with E-state index in [4.69, 9.17) is 11.5 Å². The molecule has 1 aromatic carbocycles. The molecule has 0 amide bonds. The van der Waals surface area contributed by atoms with Crippen molar-refractivity contribution < 1.29 is 8.42 Å². The summed E-state index contributed by atoms with van der Waals surface area (Å²) in [5.41, 5.74) is 11.3. The van der Waals surface area contributed by atoms with Crippen molar-refractivity contribution in [1.82, 2.24) is 4.31 Å². The van der Waals surface area contributed by atoms with Crippen molar-refractivity contribution in [2.24, 2.45) is 16.5 Å². The highest BCUT2D eigenvalue weighted by molar-refractivity contribution is 14.0. The molecular formula is C10H17IN4O2S. The maximum Gasteiger partial charge on any atom is 0.242 e. The second-order valence-electron chi connectivity index (χ2n) is 3.67. The molecule has 0 saturated heterocycles. The zero-order valence-electron chi connectivity index (χ0n) is 10.2. The summed E-state index contributed by atoms with van der Waals surface area (Å²) in [5, 5.41) is 0. The van der Waals surface area contributed by atoms with Crippen LogP contribution in [0.3, 0.4) is 0 Å². The Kier molecular flexibility index (Phi) is 6.57. The number of nitrogens with two attached hydrogens (primary N) is 2. The average molecular weight is 384 g/mol. The Balaban J connectivity index is 0.00000289. The number of aliphatic imine (C=N–C) groups is 1. The first-order chi connectivity index (χ1) is 7.84. The first-order valence-corrected chi connectivity index (χ1v) is 6.35. The summed E-state index contributed by atoms with van der Waals surface area (Å²) >= 11 is 0. The van der Waals surface area contributed by atoms with E-state index in [1.807, 2.05) is 0 Å². The average Bonchev–Trinajstić information content (AvgIpc) is 2.26. The van der Waals surface area contributed by atoms with Crippen LogP contribution in [-0.2, 0) is 16.6 Å². The molecule has 0 atom stereocenters. The predicted molar refractivity (Wildman–Crippen MR) is 82.2 cm³/mol. The lowest BCUT2D eigenvalue weighted by Gasteiger charge is -2.11. The number of sulfonamides is 1. The molecule has 0 aromatic heterocycles. The third-order valence-corrected chi connectivity index (χ3v) is 3.98. The van der Waals surface area contributed by atoms with Gasteiger partial charge in [-0.15, -0.1) is 24.0 Å². The fourth-order valence-corrected chi connectivity index (χ4v) is 2.06. The number of benzene rings is 1. The molecule has 0 aliphatic rings. The van der Waals surface area contributed by atoms with E-state index in [9.17, 15) is 8.42 Å². The molecule has 4 N–H and O–H groups in total. The molecule has 102 valence electrons. The molecule has 0 heterocycles. The number of rotatable bonds is 4. The quantitative estimate of drug-likeness (QED) is 0.444. The van der Waals surface area contributed by atoms with Crippen LogP contribution in [0, 0.1) is 0 Å². The maximum absolute atomic E-state index is 11.8. The van der Waals surface area contributed by atoms with Gasteiger partial charge in [-0.3, -0.25) is 0 Å². The second-order valence-corrected chi connectivity index (χ2v) is 5.82. The molecule has 18 heavy (non-hydrogen) atoms. The van der Waals surface area contributed by atoms with Crippen molar-refractivity contribution in [1.29, 1.82) is 0 Å². The van der Waals surface area contributed by atoms with Gasteiger partial charge in [-0.1, -0.05) is 12.1 Å². The van der Waals surface area contributed by atoms with E-state index in [1.54, 1.807) is 12.1 Å². The smallest absolute Gasteiger partial charge is 0.242 e. The fraction of sp³-hybridized carbons (Fsp3) is 0.300. The van der Waals surface area contributed by atoms with Gasteiger partial charge in [0.25, 0.3) is 0 Å². The summed E-state index contributed by atoms with van der Waals surface area (Å²) in [6, 6.07) is 6.44. The third-order valence-electron chi connectivity index (χ3n) is 2.15. The van der Waals surface area contributed by atoms with Gasteiger partial charge < -0.3 is 11.5 Å². The lowest BCUT2D eigenvalue weighted by Crippen LogP contribution is -2.23. The van der Waals surface area contributed by atoms with Crippen LogP contribution in [0.4, 0.5) is 0 Å². The van der Waals surface area contributed by atoms with Crippen LogP contribution in [0.1, 0.15) is 5.56 Å². The van der Waals surface area contributed by atoms with Crippen molar-refractivity contribution in [3.05, 3.63) is 29.8 Å². The topological polar surface area (TPSA) is 102 Å². The monoisotopic (exact) mass is 384 g/mol. The van der Waals surface area contributed by atoms with Crippen molar-refractivity contribution in [2.75, 3.05) is 14.1 Å². The minimum absolute atomic E-state index is 0. The highest BCUT2D eigenvalue weighted by atomic mass is 127. The predicted octanol–water partition coefficient (Wildman–Crippen LogP) is 0.328. The van der Waals surface area contributed by atoms with Crippen molar-refractivity contribution in [2.45, 2.75) is 11.4 Å². The van der Waals surface area contributed by atoms with Crippen LogP contribution in [-0.4, -0.2) is 32.8 Å². The number of hydrogen-bond donors (Lipinski definition) is 2. The highest BCUT2D eigenvalue weighted by Gasteiger charge is 2.16. The van der Waals surface area contributed by atoms with Crippen LogP contribution in [0.25, 0.3) is 0 Å². The van der Waals surface area contributed by atoms with Crippen molar-refractivity contribution >= 4 is 40.0 Å². The van der Waals surface area contributed by atoms with E-state index in [2.05, 4.69) is 4.99 Å². The van der Waals surface area contributed by atoms with Gasteiger partial charge >= 0.3 is 0 Å². The van der Waals surface area contributed by atoms with E-state index in [0.717, 1.165) is 9.87 Å². The molecule has 8 heteroatoms.